The topological polar surface area (TPSA) is 50.7 Å². The second kappa shape index (κ2) is 10.5. The van der Waals surface area contributed by atoms with Crippen molar-refractivity contribution in [2.24, 2.45) is 4.99 Å². The molecule has 0 fully saturated rings. The highest BCUT2D eigenvalue weighted by atomic mass is 35.5. The Kier molecular flexibility index (Phi) is 7.30. The number of carbonyl (C=O) groups is 1. The molecule has 1 aliphatic heterocycles. The quantitative estimate of drug-likeness (QED) is 0.440. The number of nitrogens with one attached hydrogen (secondary N) is 1. The molecule has 0 radical (unpaired) electrons. The van der Waals surface area contributed by atoms with Crippen LogP contribution in [0.1, 0.15) is 29.7 Å². The Morgan fingerprint density at radius 2 is 1.66 bits per heavy atom. The number of carbonyl (C=O) groups excluding carboxylic acids is 1. The summed E-state index contributed by atoms with van der Waals surface area (Å²) < 4.78 is 5.43. The van der Waals surface area contributed by atoms with Crippen LogP contribution in [0.25, 0.3) is 5.70 Å². The second-order valence-corrected chi connectivity index (χ2v) is 8.50. The van der Waals surface area contributed by atoms with Crippen molar-refractivity contribution in [1.82, 2.24) is 5.32 Å². The van der Waals surface area contributed by atoms with Crippen LogP contribution in [0.5, 0.6) is 0 Å². The first-order chi connectivity index (χ1) is 15.7. The van der Waals surface area contributed by atoms with E-state index in [4.69, 9.17) is 21.3 Å². The van der Waals surface area contributed by atoms with Crippen molar-refractivity contribution in [1.29, 1.82) is 0 Å². The average molecular weight is 463 g/mol. The third kappa shape index (κ3) is 5.06. The molecule has 0 aliphatic carbocycles. The number of thioether (sulfide) groups is 1. The van der Waals surface area contributed by atoms with E-state index in [0.29, 0.717) is 17.9 Å². The molecule has 4 rings (SSSR count). The van der Waals surface area contributed by atoms with Crippen molar-refractivity contribution in [3.8, 4) is 0 Å². The molecule has 1 atom stereocenters. The number of halogens is 1. The van der Waals surface area contributed by atoms with Gasteiger partial charge in [0.2, 0.25) is 0 Å². The lowest BCUT2D eigenvalue weighted by molar-refractivity contribution is -0.138. The zero-order chi connectivity index (χ0) is 22.3. The van der Waals surface area contributed by atoms with Crippen LogP contribution >= 0.6 is 23.4 Å². The summed E-state index contributed by atoms with van der Waals surface area (Å²) in [6.07, 6.45) is 0. The Hall–Kier alpha value is -3.02. The van der Waals surface area contributed by atoms with E-state index in [1.54, 1.807) is 11.8 Å². The van der Waals surface area contributed by atoms with Crippen LogP contribution in [-0.4, -0.2) is 17.7 Å². The van der Waals surface area contributed by atoms with Gasteiger partial charge in [0, 0.05) is 10.8 Å². The van der Waals surface area contributed by atoms with Gasteiger partial charge in [-0.1, -0.05) is 102 Å². The molecule has 1 heterocycles. The van der Waals surface area contributed by atoms with E-state index in [1.807, 2.05) is 91.9 Å². The zero-order valence-electron chi connectivity index (χ0n) is 17.6. The predicted octanol–water partition coefficient (Wildman–Crippen LogP) is 6.25. The summed E-state index contributed by atoms with van der Waals surface area (Å²) in [5.41, 5.74) is 4.09. The summed E-state index contributed by atoms with van der Waals surface area (Å²) in [4.78, 5) is 18.0. The van der Waals surface area contributed by atoms with E-state index >= 15 is 0 Å². The smallest absolute Gasteiger partial charge is 0.338 e. The first-order valence-electron chi connectivity index (χ1n) is 10.4. The van der Waals surface area contributed by atoms with Gasteiger partial charge in [0.25, 0.3) is 0 Å². The van der Waals surface area contributed by atoms with Crippen molar-refractivity contribution >= 4 is 40.2 Å². The van der Waals surface area contributed by atoms with Gasteiger partial charge < -0.3 is 10.1 Å². The highest BCUT2D eigenvalue weighted by Gasteiger charge is 2.32. The second-order valence-electron chi connectivity index (χ2n) is 7.13. The molecule has 3 aromatic carbocycles. The largest absolute Gasteiger partial charge is 0.463 e. The highest BCUT2D eigenvalue weighted by Crippen LogP contribution is 2.37. The number of hydrogen-bond donors (Lipinski definition) is 1. The molecule has 0 saturated heterocycles. The van der Waals surface area contributed by atoms with Crippen molar-refractivity contribution in [3.63, 3.8) is 0 Å². The maximum absolute atomic E-state index is 13.1. The molecule has 4 nitrogen and oxygen atoms in total. The van der Waals surface area contributed by atoms with Crippen LogP contribution in [0.4, 0.5) is 0 Å². The summed E-state index contributed by atoms with van der Waals surface area (Å²) in [6.45, 7) is 2.10. The molecule has 1 N–H and O–H groups in total. The van der Waals surface area contributed by atoms with Crippen molar-refractivity contribution in [2.75, 3.05) is 6.61 Å². The third-order valence-corrected chi connectivity index (χ3v) is 6.32. The fraction of sp³-hybridized carbons (Fsp3) is 0.154. The number of aliphatic imine (C=N–C) groups is 1. The molecule has 0 aromatic heterocycles. The minimum atomic E-state index is -0.472. The Morgan fingerprint density at radius 1 is 1.00 bits per heavy atom. The van der Waals surface area contributed by atoms with E-state index in [9.17, 15) is 4.79 Å². The monoisotopic (exact) mass is 462 g/mol. The molecular formula is C26H23ClN2O2S. The zero-order valence-corrected chi connectivity index (χ0v) is 19.2. The Bertz CT molecular complexity index is 1150. The third-order valence-electron chi connectivity index (χ3n) is 5.02. The molecule has 1 aliphatic rings. The lowest BCUT2D eigenvalue weighted by Crippen LogP contribution is -2.31. The number of hydrogen-bond acceptors (Lipinski definition) is 5. The first kappa shape index (κ1) is 22.2. The van der Waals surface area contributed by atoms with Gasteiger partial charge in [-0.15, -0.1) is 0 Å². The minimum absolute atomic E-state index is 0.295. The van der Waals surface area contributed by atoms with Crippen molar-refractivity contribution < 1.29 is 9.53 Å². The van der Waals surface area contributed by atoms with Gasteiger partial charge in [-0.05, 0) is 29.7 Å². The van der Waals surface area contributed by atoms with E-state index in [1.165, 1.54) is 0 Å². The summed E-state index contributed by atoms with van der Waals surface area (Å²) in [5, 5.41) is 4.85. The predicted molar refractivity (Wildman–Crippen MR) is 132 cm³/mol. The van der Waals surface area contributed by atoms with Crippen LogP contribution in [0.3, 0.4) is 0 Å². The van der Waals surface area contributed by atoms with Crippen LogP contribution in [0, 0.1) is 0 Å². The Morgan fingerprint density at radius 3 is 2.34 bits per heavy atom. The number of nitrogens with zero attached hydrogens (tertiary/aromatic N) is 1. The number of benzene rings is 3. The maximum atomic E-state index is 13.1. The summed E-state index contributed by atoms with van der Waals surface area (Å²) in [6, 6.07) is 26.9. The lowest BCUT2D eigenvalue weighted by atomic mass is 9.94. The molecule has 6 heteroatoms. The van der Waals surface area contributed by atoms with Crippen molar-refractivity contribution in [2.45, 2.75) is 18.7 Å². The maximum Gasteiger partial charge on any atom is 0.338 e. The minimum Gasteiger partial charge on any atom is -0.463 e. The summed E-state index contributed by atoms with van der Waals surface area (Å²) >= 11 is 7.90. The molecule has 0 unspecified atom stereocenters. The van der Waals surface area contributed by atoms with E-state index in [-0.39, 0.29) is 5.97 Å². The fourth-order valence-electron chi connectivity index (χ4n) is 3.49. The Labute approximate surface area is 197 Å². The standard InChI is InChI=1S/C26H23ClN2O2S/c1-2-31-25(30)22-23(18-11-5-3-6-12-18)28-26(29-24(22)19-13-7-4-8-14-19)32-17-20-15-9-10-16-21(20)27/h3-16,23H,2,17H2,1H3,(H,28,29)/t23-/m0/s1. The van der Waals surface area contributed by atoms with E-state index in [2.05, 4.69) is 5.32 Å². The van der Waals surface area contributed by atoms with Crippen LogP contribution in [-0.2, 0) is 15.3 Å². The van der Waals surface area contributed by atoms with Gasteiger partial charge in [-0.3, -0.25) is 0 Å². The molecule has 0 amide bonds. The number of amidine groups is 1. The van der Waals surface area contributed by atoms with Crippen molar-refractivity contribution in [3.05, 3.63) is 112 Å². The molecule has 3 aromatic rings. The molecule has 0 saturated carbocycles. The number of rotatable bonds is 6. The number of esters is 1. The van der Waals surface area contributed by atoms with Crippen LogP contribution < -0.4 is 5.32 Å². The van der Waals surface area contributed by atoms with Gasteiger partial charge in [0.1, 0.15) is 6.04 Å². The highest BCUT2D eigenvalue weighted by molar-refractivity contribution is 8.13. The summed E-state index contributed by atoms with van der Waals surface area (Å²) in [5.74, 6) is 0.288. The molecule has 162 valence electrons. The van der Waals surface area contributed by atoms with Gasteiger partial charge in [0.05, 0.1) is 17.9 Å². The molecule has 32 heavy (non-hydrogen) atoms. The van der Waals surface area contributed by atoms with E-state index in [0.717, 1.165) is 32.6 Å². The first-order valence-corrected chi connectivity index (χ1v) is 11.8. The van der Waals surface area contributed by atoms with Gasteiger partial charge in [-0.25, -0.2) is 9.79 Å². The van der Waals surface area contributed by atoms with Gasteiger partial charge in [0.15, 0.2) is 5.17 Å². The Balaban J connectivity index is 1.76. The number of ether oxygens (including phenoxy) is 1. The molecule has 0 bridgehead atoms. The van der Waals surface area contributed by atoms with Crippen LogP contribution in [0.2, 0.25) is 5.02 Å². The summed E-state index contributed by atoms with van der Waals surface area (Å²) in [7, 11) is 0. The van der Waals surface area contributed by atoms with E-state index < -0.39 is 6.04 Å². The SMILES string of the molecule is CCOC(=O)C1=C(c2ccccc2)NC(SCc2ccccc2Cl)=N[C@H]1c1ccccc1. The normalized spacial score (nSPS) is 15.7. The van der Waals surface area contributed by atoms with Gasteiger partial charge >= 0.3 is 5.97 Å². The average Bonchev–Trinajstić information content (AvgIpc) is 2.84. The van der Waals surface area contributed by atoms with Gasteiger partial charge in [-0.2, -0.15) is 0 Å². The van der Waals surface area contributed by atoms with Crippen LogP contribution in [0.15, 0.2) is 95.5 Å². The molecular weight excluding hydrogens is 440 g/mol. The molecule has 0 spiro atoms. The lowest BCUT2D eigenvalue weighted by Gasteiger charge is -2.27. The fourth-order valence-corrected chi connectivity index (χ4v) is 4.67.